The average molecular weight is 355 g/mol. The molecular formula is C19H31ClN2O2. The number of hydrogen-bond acceptors (Lipinski definition) is 3. The molecule has 2 N–H and O–H groups in total. The highest BCUT2D eigenvalue weighted by molar-refractivity contribution is 5.85. The summed E-state index contributed by atoms with van der Waals surface area (Å²) in [6.07, 6.45) is 3.82. The van der Waals surface area contributed by atoms with Gasteiger partial charge in [-0.2, -0.15) is 0 Å². The van der Waals surface area contributed by atoms with Crippen molar-refractivity contribution in [1.29, 1.82) is 0 Å². The second-order valence-corrected chi connectivity index (χ2v) is 6.81. The van der Waals surface area contributed by atoms with E-state index in [0.717, 1.165) is 43.9 Å². The molecule has 1 heterocycles. The van der Waals surface area contributed by atoms with Gasteiger partial charge in [0.05, 0.1) is 6.61 Å². The number of amides is 1. The highest BCUT2D eigenvalue weighted by Crippen LogP contribution is 2.19. The second kappa shape index (κ2) is 11.3. The van der Waals surface area contributed by atoms with Crippen molar-refractivity contribution in [2.24, 2.45) is 11.8 Å². The van der Waals surface area contributed by atoms with E-state index in [-0.39, 0.29) is 18.3 Å². The molecule has 1 amide bonds. The third-order valence-electron chi connectivity index (χ3n) is 4.34. The van der Waals surface area contributed by atoms with Crippen molar-refractivity contribution in [1.82, 2.24) is 10.6 Å². The number of para-hydroxylation sites is 1. The molecule has 0 aromatic heterocycles. The van der Waals surface area contributed by atoms with Crippen LogP contribution >= 0.6 is 12.4 Å². The highest BCUT2D eigenvalue weighted by Gasteiger charge is 2.15. The van der Waals surface area contributed by atoms with Gasteiger partial charge in [-0.05, 0) is 50.3 Å². The summed E-state index contributed by atoms with van der Waals surface area (Å²) in [7, 11) is 0. The van der Waals surface area contributed by atoms with E-state index in [1.54, 1.807) is 0 Å². The minimum atomic E-state index is 0. The number of halogens is 1. The smallest absolute Gasteiger partial charge is 0.220 e. The van der Waals surface area contributed by atoms with Crippen LogP contribution in [0, 0.1) is 11.8 Å². The number of benzene rings is 1. The Morgan fingerprint density at radius 2 is 2.17 bits per heavy atom. The largest absolute Gasteiger partial charge is 0.493 e. The van der Waals surface area contributed by atoms with Crippen molar-refractivity contribution >= 4 is 18.3 Å². The molecule has 1 atom stereocenters. The van der Waals surface area contributed by atoms with Gasteiger partial charge in [-0.1, -0.05) is 32.0 Å². The SMILES string of the molecule is CC(C)CCOc1ccccc1CNC(=O)CCC1CCNC1.Cl. The fourth-order valence-corrected chi connectivity index (χ4v) is 2.77. The van der Waals surface area contributed by atoms with Crippen LogP contribution in [0.2, 0.25) is 0 Å². The lowest BCUT2D eigenvalue weighted by Crippen LogP contribution is -2.24. The normalized spacial score (nSPS) is 16.7. The van der Waals surface area contributed by atoms with Crippen LogP contribution in [0.15, 0.2) is 24.3 Å². The Labute approximate surface area is 152 Å². The lowest BCUT2D eigenvalue weighted by Gasteiger charge is -2.13. The predicted molar refractivity (Wildman–Crippen MR) is 101 cm³/mol. The number of rotatable bonds is 9. The maximum Gasteiger partial charge on any atom is 0.220 e. The van der Waals surface area contributed by atoms with Gasteiger partial charge in [-0.3, -0.25) is 4.79 Å². The number of hydrogen-bond donors (Lipinski definition) is 2. The number of nitrogens with one attached hydrogen (secondary N) is 2. The van der Waals surface area contributed by atoms with E-state index >= 15 is 0 Å². The molecule has 4 nitrogen and oxygen atoms in total. The molecule has 1 aliphatic rings. The summed E-state index contributed by atoms with van der Waals surface area (Å²) in [6, 6.07) is 7.96. The second-order valence-electron chi connectivity index (χ2n) is 6.81. The zero-order chi connectivity index (χ0) is 16.5. The molecule has 1 fully saturated rings. The molecule has 1 unspecified atom stereocenters. The average Bonchev–Trinajstić information content (AvgIpc) is 3.05. The minimum absolute atomic E-state index is 0. The van der Waals surface area contributed by atoms with Gasteiger partial charge in [0, 0.05) is 18.5 Å². The zero-order valence-corrected chi connectivity index (χ0v) is 15.7. The Bertz CT molecular complexity index is 488. The van der Waals surface area contributed by atoms with Gasteiger partial charge in [0.2, 0.25) is 5.91 Å². The molecule has 1 saturated heterocycles. The first kappa shape index (κ1) is 20.8. The maximum atomic E-state index is 12.0. The van der Waals surface area contributed by atoms with E-state index in [0.29, 0.717) is 24.8 Å². The summed E-state index contributed by atoms with van der Waals surface area (Å²) in [4.78, 5) is 12.0. The summed E-state index contributed by atoms with van der Waals surface area (Å²) >= 11 is 0. The van der Waals surface area contributed by atoms with E-state index < -0.39 is 0 Å². The van der Waals surface area contributed by atoms with Crippen molar-refractivity contribution in [2.45, 2.75) is 46.1 Å². The van der Waals surface area contributed by atoms with E-state index in [4.69, 9.17) is 4.74 Å². The van der Waals surface area contributed by atoms with E-state index in [9.17, 15) is 4.79 Å². The molecule has 136 valence electrons. The first-order valence-electron chi connectivity index (χ1n) is 8.83. The van der Waals surface area contributed by atoms with Crippen molar-refractivity contribution in [2.75, 3.05) is 19.7 Å². The first-order chi connectivity index (χ1) is 11.1. The molecular weight excluding hydrogens is 324 g/mol. The molecule has 2 rings (SSSR count). The van der Waals surface area contributed by atoms with Crippen molar-refractivity contribution < 1.29 is 9.53 Å². The summed E-state index contributed by atoms with van der Waals surface area (Å²) in [5.41, 5.74) is 1.05. The van der Waals surface area contributed by atoms with Gasteiger partial charge < -0.3 is 15.4 Å². The summed E-state index contributed by atoms with van der Waals surface area (Å²) < 4.78 is 5.86. The Morgan fingerprint density at radius 3 is 2.88 bits per heavy atom. The maximum absolute atomic E-state index is 12.0. The predicted octanol–water partition coefficient (Wildman–Crippen LogP) is 3.54. The van der Waals surface area contributed by atoms with Gasteiger partial charge >= 0.3 is 0 Å². The lowest BCUT2D eigenvalue weighted by atomic mass is 10.0. The van der Waals surface area contributed by atoms with Gasteiger partial charge in [0.15, 0.2) is 0 Å². The number of ether oxygens (including phenoxy) is 1. The van der Waals surface area contributed by atoms with Crippen LogP contribution < -0.4 is 15.4 Å². The Kier molecular flexibility index (Phi) is 9.80. The molecule has 0 bridgehead atoms. The van der Waals surface area contributed by atoms with Gasteiger partial charge in [0.1, 0.15) is 5.75 Å². The fourth-order valence-electron chi connectivity index (χ4n) is 2.77. The van der Waals surface area contributed by atoms with Crippen LogP contribution in [0.25, 0.3) is 0 Å². The molecule has 1 aromatic carbocycles. The molecule has 0 spiro atoms. The van der Waals surface area contributed by atoms with Crippen molar-refractivity contribution in [3.63, 3.8) is 0 Å². The minimum Gasteiger partial charge on any atom is -0.493 e. The topological polar surface area (TPSA) is 50.4 Å². The van der Waals surface area contributed by atoms with Crippen LogP contribution in [-0.2, 0) is 11.3 Å². The quantitative estimate of drug-likeness (QED) is 0.713. The molecule has 0 saturated carbocycles. The van der Waals surface area contributed by atoms with Crippen LogP contribution in [-0.4, -0.2) is 25.6 Å². The Hall–Kier alpha value is -1.26. The molecule has 5 heteroatoms. The zero-order valence-electron chi connectivity index (χ0n) is 14.8. The Morgan fingerprint density at radius 1 is 1.38 bits per heavy atom. The molecule has 1 aliphatic heterocycles. The number of carbonyl (C=O) groups is 1. The monoisotopic (exact) mass is 354 g/mol. The molecule has 24 heavy (non-hydrogen) atoms. The summed E-state index contributed by atoms with van der Waals surface area (Å²) in [5.74, 6) is 2.31. The molecule has 1 aromatic rings. The highest BCUT2D eigenvalue weighted by atomic mass is 35.5. The van der Waals surface area contributed by atoms with Crippen LogP contribution in [0.1, 0.15) is 45.1 Å². The van der Waals surface area contributed by atoms with Crippen LogP contribution in [0.5, 0.6) is 5.75 Å². The third-order valence-corrected chi connectivity index (χ3v) is 4.34. The summed E-state index contributed by atoms with van der Waals surface area (Å²) in [6.45, 7) is 7.79. The first-order valence-corrected chi connectivity index (χ1v) is 8.83. The van der Waals surface area contributed by atoms with E-state index in [1.807, 2.05) is 24.3 Å². The summed E-state index contributed by atoms with van der Waals surface area (Å²) in [5, 5.41) is 6.36. The van der Waals surface area contributed by atoms with Crippen molar-refractivity contribution in [3.05, 3.63) is 29.8 Å². The van der Waals surface area contributed by atoms with Crippen LogP contribution in [0.4, 0.5) is 0 Å². The molecule has 0 aliphatic carbocycles. The Balaban J connectivity index is 0.00000288. The van der Waals surface area contributed by atoms with Gasteiger partial charge in [-0.15, -0.1) is 12.4 Å². The lowest BCUT2D eigenvalue weighted by molar-refractivity contribution is -0.121. The fraction of sp³-hybridized carbons (Fsp3) is 0.632. The molecule has 0 radical (unpaired) electrons. The van der Waals surface area contributed by atoms with E-state index in [2.05, 4.69) is 24.5 Å². The van der Waals surface area contributed by atoms with Gasteiger partial charge in [-0.25, -0.2) is 0 Å². The standard InChI is InChI=1S/C19H30N2O2.ClH/c1-15(2)10-12-23-18-6-4-3-5-17(18)14-21-19(22)8-7-16-9-11-20-13-16;/h3-6,15-16,20H,7-14H2,1-2H3,(H,21,22);1H. The van der Waals surface area contributed by atoms with E-state index in [1.165, 1.54) is 6.42 Å². The number of carbonyl (C=O) groups excluding carboxylic acids is 1. The third kappa shape index (κ3) is 7.54. The van der Waals surface area contributed by atoms with Crippen molar-refractivity contribution in [3.8, 4) is 5.75 Å². The van der Waals surface area contributed by atoms with Crippen LogP contribution in [0.3, 0.4) is 0 Å². The van der Waals surface area contributed by atoms with Gasteiger partial charge in [0.25, 0.3) is 0 Å².